The van der Waals surface area contributed by atoms with Gasteiger partial charge in [0.15, 0.2) is 5.78 Å². The highest BCUT2D eigenvalue weighted by Crippen LogP contribution is 2.28. The summed E-state index contributed by atoms with van der Waals surface area (Å²) >= 11 is 0. The number of rotatable bonds is 5. The maximum Gasteiger partial charge on any atom is 0.345 e. The second-order valence-corrected chi connectivity index (χ2v) is 5.71. The second-order valence-electron chi connectivity index (χ2n) is 5.71. The van der Waals surface area contributed by atoms with Gasteiger partial charge in [0.2, 0.25) is 5.88 Å². The average Bonchev–Trinajstić information content (AvgIpc) is 2.60. The van der Waals surface area contributed by atoms with E-state index >= 15 is 0 Å². The molecule has 2 aromatic carbocycles. The molecule has 0 saturated heterocycles. The molecule has 1 N–H and O–H groups in total. The van der Waals surface area contributed by atoms with Crippen molar-refractivity contribution in [1.29, 1.82) is 0 Å². The molecule has 3 aromatic rings. The Kier molecular flexibility index (Phi) is 4.47. The molecular weight excluding hydrogens is 302 g/mol. The van der Waals surface area contributed by atoms with Gasteiger partial charge in [-0.1, -0.05) is 55.5 Å². The van der Waals surface area contributed by atoms with Crippen LogP contribution in [0.1, 0.15) is 42.2 Å². The molecule has 24 heavy (non-hydrogen) atoms. The molecule has 1 unspecified atom stereocenters. The van der Waals surface area contributed by atoms with Crippen LogP contribution in [-0.2, 0) is 0 Å². The minimum atomic E-state index is -0.444. The lowest BCUT2D eigenvalue weighted by Crippen LogP contribution is -2.15. The molecule has 0 bridgehead atoms. The zero-order valence-corrected chi connectivity index (χ0v) is 13.7. The molecule has 4 nitrogen and oxygen atoms in total. The molecule has 1 aromatic heterocycles. The molecule has 0 aliphatic carbocycles. The zero-order chi connectivity index (χ0) is 17.1. The summed E-state index contributed by atoms with van der Waals surface area (Å²) in [5.41, 5.74) is 1.05. The van der Waals surface area contributed by atoms with Gasteiger partial charge in [-0.15, -0.1) is 0 Å². The summed E-state index contributed by atoms with van der Waals surface area (Å²) < 4.78 is 5.45. The number of carbonyl (C=O) groups excluding carboxylic acids is 1. The third-order valence-corrected chi connectivity index (χ3v) is 4.11. The van der Waals surface area contributed by atoms with Crippen LogP contribution in [0.25, 0.3) is 10.8 Å². The second kappa shape index (κ2) is 6.71. The fraction of sp³-hybridized carbons (Fsp3) is 0.200. The number of hydrogen-bond donors (Lipinski definition) is 1. The summed E-state index contributed by atoms with van der Waals surface area (Å²) in [6.45, 7) is 3.52. The first-order valence-electron chi connectivity index (χ1n) is 8.00. The molecule has 0 fully saturated rings. The van der Waals surface area contributed by atoms with Gasteiger partial charge in [0.05, 0.1) is 17.0 Å². The molecular formula is C20H19NO3. The van der Waals surface area contributed by atoms with Gasteiger partial charge in [-0.3, -0.25) is 4.79 Å². The molecule has 0 radical (unpaired) electrons. The highest BCUT2D eigenvalue weighted by molar-refractivity contribution is 6.10. The van der Waals surface area contributed by atoms with E-state index in [4.69, 9.17) is 4.42 Å². The minimum Gasteiger partial charge on any atom is -0.405 e. The zero-order valence-electron chi connectivity index (χ0n) is 13.7. The molecule has 4 heteroatoms. The quantitative estimate of drug-likeness (QED) is 0.700. The van der Waals surface area contributed by atoms with Gasteiger partial charge in [0.25, 0.3) is 0 Å². The fourth-order valence-corrected chi connectivity index (χ4v) is 2.92. The monoisotopic (exact) mass is 321 g/mol. The van der Waals surface area contributed by atoms with Crippen molar-refractivity contribution in [2.75, 3.05) is 5.32 Å². The van der Waals surface area contributed by atoms with Gasteiger partial charge < -0.3 is 9.73 Å². The molecule has 0 saturated carbocycles. The van der Waals surface area contributed by atoms with E-state index in [1.807, 2.05) is 43.3 Å². The molecule has 0 amide bonds. The summed E-state index contributed by atoms with van der Waals surface area (Å²) in [6, 6.07) is 16.9. The Bertz CT molecular complexity index is 929. The van der Waals surface area contributed by atoms with E-state index in [-0.39, 0.29) is 17.7 Å². The van der Waals surface area contributed by atoms with Crippen LogP contribution in [0.2, 0.25) is 0 Å². The van der Waals surface area contributed by atoms with E-state index in [1.165, 1.54) is 6.92 Å². The van der Waals surface area contributed by atoms with Crippen molar-refractivity contribution in [3.05, 3.63) is 76.1 Å². The van der Waals surface area contributed by atoms with Crippen molar-refractivity contribution in [3.63, 3.8) is 0 Å². The highest BCUT2D eigenvalue weighted by atomic mass is 16.4. The van der Waals surface area contributed by atoms with E-state index in [2.05, 4.69) is 5.32 Å². The molecule has 0 aliphatic heterocycles. The maximum atomic E-state index is 12.3. The number of Topliss-reactive ketones (excluding diaryl/α,β-unsaturated/α-hetero) is 1. The lowest BCUT2D eigenvalue weighted by atomic mass is 10.0. The summed E-state index contributed by atoms with van der Waals surface area (Å²) in [7, 11) is 0. The molecule has 1 heterocycles. The van der Waals surface area contributed by atoms with E-state index in [0.717, 1.165) is 12.0 Å². The number of anilines is 1. The predicted molar refractivity (Wildman–Crippen MR) is 95.6 cm³/mol. The Morgan fingerprint density at radius 2 is 1.67 bits per heavy atom. The Labute approximate surface area is 140 Å². The molecule has 3 rings (SSSR count). The predicted octanol–water partition coefficient (Wildman–Crippen LogP) is 4.56. The lowest BCUT2D eigenvalue weighted by Gasteiger charge is -2.19. The maximum absolute atomic E-state index is 12.3. The van der Waals surface area contributed by atoms with Gasteiger partial charge in [0, 0.05) is 5.39 Å². The first-order valence-corrected chi connectivity index (χ1v) is 8.00. The van der Waals surface area contributed by atoms with Gasteiger partial charge in [0.1, 0.15) is 0 Å². The van der Waals surface area contributed by atoms with Crippen LogP contribution in [0.4, 0.5) is 5.88 Å². The van der Waals surface area contributed by atoms with Crippen LogP contribution in [0.15, 0.2) is 63.8 Å². The topological polar surface area (TPSA) is 59.3 Å². The van der Waals surface area contributed by atoms with E-state index < -0.39 is 5.63 Å². The van der Waals surface area contributed by atoms with Crippen LogP contribution >= 0.6 is 0 Å². The van der Waals surface area contributed by atoms with Crippen molar-refractivity contribution in [3.8, 4) is 0 Å². The Hall–Kier alpha value is -2.88. The van der Waals surface area contributed by atoms with E-state index in [9.17, 15) is 9.59 Å². The molecule has 0 spiro atoms. The third-order valence-electron chi connectivity index (χ3n) is 4.11. The van der Waals surface area contributed by atoms with Crippen molar-refractivity contribution >= 4 is 22.4 Å². The first-order chi connectivity index (χ1) is 11.6. The summed E-state index contributed by atoms with van der Waals surface area (Å²) in [6.07, 6.45) is 0.790. The number of hydrogen-bond acceptors (Lipinski definition) is 4. The van der Waals surface area contributed by atoms with Crippen LogP contribution < -0.4 is 10.9 Å². The van der Waals surface area contributed by atoms with E-state index in [1.54, 1.807) is 18.2 Å². The van der Waals surface area contributed by atoms with Crippen molar-refractivity contribution in [2.45, 2.75) is 26.3 Å². The highest BCUT2D eigenvalue weighted by Gasteiger charge is 2.20. The largest absolute Gasteiger partial charge is 0.405 e. The molecule has 0 aliphatic rings. The standard InChI is InChI=1S/C20H19NO3/c1-3-17(14-9-5-4-6-10-14)21-19-18(13(2)22)15-11-7-8-12-16(15)20(23)24-19/h4-12,17,21H,3H2,1-2H3. The summed E-state index contributed by atoms with van der Waals surface area (Å²) in [5.74, 6) is 0.0993. The Morgan fingerprint density at radius 1 is 1.04 bits per heavy atom. The minimum absolute atomic E-state index is 0.0476. The first kappa shape index (κ1) is 16.0. The van der Waals surface area contributed by atoms with Crippen LogP contribution in [0.5, 0.6) is 0 Å². The average molecular weight is 321 g/mol. The van der Waals surface area contributed by atoms with Gasteiger partial charge in [-0.25, -0.2) is 4.79 Å². The van der Waals surface area contributed by atoms with E-state index in [0.29, 0.717) is 16.3 Å². The normalized spacial score (nSPS) is 12.1. The van der Waals surface area contributed by atoms with Gasteiger partial charge in [-0.05, 0) is 25.0 Å². The van der Waals surface area contributed by atoms with Crippen LogP contribution in [0, 0.1) is 0 Å². The van der Waals surface area contributed by atoms with Crippen molar-refractivity contribution < 1.29 is 9.21 Å². The van der Waals surface area contributed by atoms with Crippen LogP contribution in [0.3, 0.4) is 0 Å². The van der Waals surface area contributed by atoms with Crippen molar-refractivity contribution in [1.82, 2.24) is 0 Å². The number of nitrogens with one attached hydrogen (secondary N) is 1. The lowest BCUT2D eigenvalue weighted by molar-refractivity contribution is 0.101. The van der Waals surface area contributed by atoms with Crippen LogP contribution in [-0.4, -0.2) is 5.78 Å². The third kappa shape index (κ3) is 2.95. The SMILES string of the molecule is CCC(Nc1oc(=O)c2ccccc2c1C(C)=O)c1ccccc1. The summed E-state index contributed by atoms with van der Waals surface area (Å²) in [5, 5.41) is 4.28. The Morgan fingerprint density at radius 3 is 2.29 bits per heavy atom. The number of ketones is 1. The number of carbonyl (C=O) groups is 1. The summed E-state index contributed by atoms with van der Waals surface area (Å²) in [4.78, 5) is 24.5. The Balaban J connectivity index is 2.13. The molecule has 122 valence electrons. The van der Waals surface area contributed by atoms with Gasteiger partial charge >= 0.3 is 5.63 Å². The number of fused-ring (bicyclic) bond motifs is 1. The number of benzene rings is 2. The molecule has 1 atom stereocenters. The fourth-order valence-electron chi connectivity index (χ4n) is 2.92. The smallest absolute Gasteiger partial charge is 0.345 e. The van der Waals surface area contributed by atoms with Crippen molar-refractivity contribution in [2.24, 2.45) is 0 Å². The van der Waals surface area contributed by atoms with Gasteiger partial charge in [-0.2, -0.15) is 0 Å².